The number of imide groups is 1. The van der Waals surface area contributed by atoms with E-state index in [-0.39, 0.29) is 12.1 Å². The Hall–Kier alpha value is -2.74. The van der Waals surface area contributed by atoms with Gasteiger partial charge in [0.25, 0.3) is 0 Å². The Bertz CT molecular complexity index is 971. The molecule has 3 aromatic rings. The molecule has 0 bridgehead atoms. The Morgan fingerprint density at radius 1 is 1.12 bits per heavy atom. The summed E-state index contributed by atoms with van der Waals surface area (Å²) >= 11 is 1.15. The van der Waals surface area contributed by atoms with Gasteiger partial charge < -0.3 is 4.98 Å². The molecule has 4 rings (SSSR count). The van der Waals surface area contributed by atoms with Crippen LogP contribution in [0.15, 0.2) is 47.6 Å². The highest BCUT2D eigenvalue weighted by Gasteiger charge is 2.40. The summed E-state index contributed by atoms with van der Waals surface area (Å²) in [6, 6.07) is 10.4. The van der Waals surface area contributed by atoms with Gasteiger partial charge in [0.05, 0.1) is 16.7 Å². The van der Waals surface area contributed by atoms with E-state index < -0.39 is 28.7 Å². The van der Waals surface area contributed by atoms with E-state index in [0.717, 1.165) is 39.8 Å². The molecule has 2 heterocycles. The van der Waals surface area contributed by atoms with E-state index in [1.165, 1.54) is 6.07 Å². The van der Waals surface area contributed by atoms with Gasteiger partial charge in [0.1, 0.15) is 5.25 Å². The summed E-state index contributed by atoms with van der Waals surface area (Å²) in [4.78, 5) is 33.1. The molecule has 8 heteroatoms. The molecule has 0 spiro atoms. The van der Waals surface area contributed by atoms with Gasteiger partial charge in [-0.15, -0.1) is 0 Å². The van der Waals surface area contributed by atoms with Gasteiger partial charge in [-0.3, -0.25) is 9.59 Å². The second kappa shape index (κ2) is 5.96. The van der Waals surface area contributed by atoms with Gasteiger partial charge in [0, 0.05) is 12.5 Å². The number of fused-ring (bicyclic) bond motifs is 1. The van der Waals surface area contributed by atoms with E-state index in [0.29, 0.717) is 5.16 Å². The molecule has 0 aliphatic carbocycles. The highest BCUT2D eigenvalue weighted by atomic mass is 32.2. The second-order valence-corrected chi connectivity index (χ2v) is 6.73. The predicted octanol–water partition coefficient (Wildman–Crippen LogP) is 3.27. The Labute approximate surface area is 145 Å². The Morgan fingerprint density at radius 2 is 1.92 bits per heavy atom. The lowest BCUT2D eigenvalue weighted by Crippen LogP contribution is -2.31. The number of rotatable bonds is 3. The van der Waals surface area contributed by atoms with Crippen LogP contribution in [0, 0.1) is 11.6 Å². The van der Waals surface area contributed by atoms with Crippen LogP contribution in [-0.2, 0) is 9.59 Å². The number of benzene rings is 2. The molecule has 0 radical (unpaired) electrons. The van der Waals surface area contributed by atoms with Gasteiger partial charge in [0.15, 0.2) is 16.8 Å². The smallest absolute Gasteiger partial charge is 0.247 e. The fourth-order valence-electron chi connectivity index (χ4n) is 2.71. The van der Waals surface area contributed by atoms with Crippen molar-refractivity contribution in [1.29, 1.82) is 0 Å². The van der Waals surface area contributed by atoms with Gasteiger partial charge >= 0.3 is 0 Å². The van der Waals surface area contributed by atoms with Crippen LogP contribution in [0.25, 0.3) is 11.0 Å². The molecule has 1 aliphatic rings. The van der Waals surface area contributed by atoms with Crippen LogP contribution in [0.3, 0.4) is 0 Å². The molecular formula is C17H11F2N3O2S. The first-order chi connectivity index (χ1) is 12.0. The number of amides is 2. The lowest BCUT2D eigenvalue weighted by atomic mass is 10.3. The SMILES string of the molecule is O=C1C[C@H](Sc2nc3ccccc3[nH]2)C(=O)N1c1ccc(F)c(F)c1. The number of aromatic amines is 1. The van der Waals surface area contributed by atoms with Crippen molar-refractivity contribution in [3.05, 3.63) is 54.1 Å². The zero-order chi connectivity index (χ0) is 17.6. The molecular weight excluding hydrogens is 348 g/mol. The van der Waals surface area contributed by atoms with Crippen LogP contribution in [0.4, 0.5) is 14.5 Å². The monoisotopic (exact) mass is 359 g/mol. The Morgan fingerprint density at radius 3 is 2.68 bits per heavy atom. The van der Waals surface area contributed by atoms with E-state index in [9.17, 15) is 18.4 Å². The summed E-state index contributed by atoms with van der Waals surface area (Å²) in [6.07, 6.45) is -0.0282. The van der Waals surface area contributed by atoms with E-state index in [1.54, 1.807) is 0 Å². The molecule has 5 nitrogen and oxygen atoms in total. The highest BCUT2D eigenvalue weighted by molar-refractivity contribution is 8.00. The van der Waals surface area contributed by atoms with Gasteiger partial charge in [-0.25, -0.2) is 18.7 Å². The minimum atomic E-state index is -1.11. The number of hydrogen-bond donors (Lipinski definition) is 1. The van der Waals surface area contributed by atoms with Gasteiger partial charge in [0.2, 0.25) is 11.8 Å². The second-order valence-electron chi connectivity index (χ2n) is 5.54. The first-order valence-corrected chi connectivity index (χ1v) is 8.34. The van der Waals surface area contributed by atoms with E-state index >= 15 is 0 Å². The number of carbonyl (C=O) groups is 2. The topological polar surface area (TPSA) is 66.1 Å². The first kappa shape index (κ1) is 15.8. The largest absolute Gasteiger partial charge is 0.333 e. The fraction of sp³-hybridized carbons (Fsp3) is 0.118. The van der Waals surface area contributed by atoms with Crippen molar-refractivity contribution in [2.24, 2.45) is 0 Å². The molecule has 25 heavy (non-hydrogen) atoms. The highest BCUT2D eigenvalue weighted by Crippen LogP contribution is 2.33. The van der Waals surface area contributed by atoms with Crippen LogP contribution in [0.5, 0.6) is 0 Å². The van der Waals surface area contributed by atoms with Crippen LogP contribution in [0.1, 0.15) is 6.42 Å². The molecule has 1 aliphatic heterocycles. The van der Waals surface area contributed by atoms with Crippen LogP contribution in [0.2, 0.25) is 0 Å². The number of anilines is 1. The zero-order valence-corrected chi connectivity index (χ0v) is 13.5. The first-order valence-electron chi connectivity index (χ1n) is 7.46. The van der Waals surface area contributed by atoms with Crippen molar-refractivity contribution in [3.8, 4) is 0 Å². The maximum absolute atomic E-state index is 13.4. The molecule has 1 fully saturated rings. The number of H-pyrrole nitrogens is 1. The normalized spacial score (nSPS) is 17.7. The van der Waals surface area contributed by atoms with Crippen molar-refractivity contribution < 1.29 is 18.4 Å². The van der Waals surface area contributed by atoms with E-state index in [2.05, 4.69) is 9.97 Å². The third-order valence-electron chi connectivity index (χ3n) is 3.89. The van der Waals surface area contributed by atoms with E-state index in [1.807, 2.05) is 24.3 Å². The minimum Gasteiger partial charge on any atom is -0.333 e. The maximum atomic E-state index is 13.4. The number of aromatic nitrogens is 2. The number of carbonyl (C=O) groups excluding carboxylic acids is 2. The summed E-state index contributed by atoms with van der Waals surface area (Å²) in [5.41, 5.74) is 1.63. The number of para-hydroxylation sites is 2. The number of hydrogen-bond acceptors (Lipinski definition) is 4. The van der Waals surface area contributed by atoms with Crippen LogP contribution in [-0.4, -0.2) is 27.0 Å². The predicted molar refractivity (Wildman–Crippen MR) is 89.2 cm³/mol. The molecule has 1 aromatic heterocycles. The molecule has 1 atom stereocenters. The number of thioether (sulfide) groups is 1. The molecule has 0 saturated carbocycles. The average molecular weight is 359 g/mol. The van der Waals surface area contributed by atoms with Crippen molar-refractivity contribution in [2.75, 3.05) is 4.90 Å². The van der Waals surface area contributed by atoms with Gasteiger partial charge in [-0.1, -0.05) is 23.9 Å². The lowest BCUT2D eigenvalue weighted by Gasteiger charge is -2.14. The molecule has 2 aromatic carbocycles. The Kier molecular flexibility index (Phi) is 3.76. The fourth-order valence-corrected chi connectivity index (χ4v) is 3.73. The van der Waals surface area contributed by atoms with Crippen molar-refractivity contribution >= 4 is 40.3 Å². The number of nitrogens with zero attached hydrogens (tertiary/aromatic N) is 2. The standard InChI is InChI=1S/C17H11F2N3O2S/c18-10-6-5-9(7-11(10)19)22-15(23)8-14(16(22)24)25-17-20-12-3-1-2-4-13(12)21-17/h1-7,14H,8H2,(H,20,21)/t14-/m0/s1. The minimum absolute atomic E-state index is 0.0282. The molecule has 1 saturated heterocycles. The van der Waals surface area contributed by atoms with Crippen molar-refractivity contribution in [3.63, 3.8) is 0 Å². The maximum Gasteiger partial charge on any atom is 0.247 e. The summed E-state index contributed by atoms with van der Waals surface area (Å²) in [5, 5.41) is -0.138. The van der Waals surface area contributed by atoms with Crippen molar-refractivity contribution in [1.82, 2.24) is 9.97 Å². The van der Waals surface area contributed by atoms with E-state index in [4.69, 9.17) is 0 Å². The average Bonchev–Trinajstić information content (AvgIpc) is 3.11. The third-order valence-corrected chi connectivity index (χ3v) is 4.96. The molecule has 1 N–H and O–H groups in total. The van der Waals surface area contributed by atoms with Crippen molar-refractivity contribution in [2.45, 2.75) is 16.8 Å². The van der Waals surface area contributed by atoms with Gasteiger partial charge in [-0.2, -0.15) is 0 Å². The summed E-state index contributed by atoms with van der Waals surface area (Å²) in [5.74, 6) is -3.06. The third kappa shape index (κ3) is 2.78. The zero-order valence-electron chi connectivity index (χ0n) is 12.7. The van der Waals surface area contributed by atoms with Crippen LogP contribution >= 0.6 is 11.8 Å². The summed E-state index contributed by atoms with van der Waals surface area (Å²) < 4.78 is 26.5. The quantitative estimate of drug-likeness (QED) is 0.729. The summed E-state index contributed by atoms with van der Waals surface area (Å²) in [7, 11) is 0. The number of nitrogens with one attached hydrogen (secondary N) is 1. The number of halogens is 2. The molecule has 126 valence electrons. The molecule has 2 amide bonds. The van der Waals surface area contributed by atoms with Crippen LogP contribution < -0.4 is 4.90 Å². The summed E-state index contributed by atoms with van der Waals surface area (Å²) in [6.45, 7) is 0. The Balaban J connectivity index is 1.59. The number of imidazole rings is 1. The lowest BCUT2D eigenvalue weighted by molar-refractivity contribution is -0.121. The van der Waals surface area contributed by atoms with Gasteiger partial charge in [-0.05, 0) is 24.3 Å². The molecule has 0 unspecified atom stereocenters.